The number of fused-ring (bicyclic) bond motifs is 1. The first-order chi connectivity index (χ1) is 14.0. The minimum atomic E-state index is -0.569. The highest BCUT2D eigenvalue weighted by Crippen LogP contribution is 2.35. The van der Waals surface area contributed by atoms with E-state index in [0.717, 1.165) is 16.3 Å². The predicted octanol–water partition coefficient (Wildman–Crippen LogP) is 3.36. The topological polar surface area (TPSA) is 82.0 Å². The fourth-order valence-electron chi connectivity index (χ4n) is 3.60. The van der Waals surface area contributed by atoms with Gasteiger partial charge in [0.2, 0.25) is 5.91 Å². The van der Waals surface area contributed by atoms with Crippen LogP contribution < -0.4 is 5.32 Å². The van der Waals surface area contributed by atoms with Crippen LogP contribution >= 0.6 is 0 Å². The largest absolute Gasteiger partial charge is 0.508 e. The molecule has 0 bridgehead atoms. The van der Waals surface area contributed by atoms with Crippen molar-refractivity contribution in [2.75, 3.05) is 7.05 Å². The van der Waals surface area contributed by atoms with E-state index in [1.54, 1.807) is 13.1 Å². The predicted molar refractivity (Wildman–Crippen MR) is 111 cm³/mol. The van der Waals surface area contributed by atoms with Crippen molar-refractivity contribution < 1.29 is 14.7 Å². The Morgan fingerprint density at radius 2 is 1.76 bits per heavy atom. The molecule has 0 radical (unpaired) electrons. The van der Waals surface area contributed by atoms with E-state index < -0.39 is 6.04 Å². The van der Waals surface area contributed by atoms with E-state index >= 15 is 0 Å². The Balaban J connectivity index is 1.79. The number of hydrogen-bond acceptors (Lipinski definition) is 4. The van der Waals surface area contributed by atoms with Gasteiger partial charge in [-0.1, -0.05) is 60.7 Å². The number of hydrazone groups is 1. The molecule has 0 aliphatic carbocycles. The van der Waals surface area contributed by atoms with E-state index in [1.807, 2.05) is 60.7 Å². The van der Waals surface area contributed by atoms with Gasteiger partial charge >= 0.3 is 0 Å². The maximum Gasteiger partial charge on any atom is 0.268 e. The van der Waals surface area contributed by atoms with Crippen LogP contribution in [0.15, 0.2) is 71.8 Å². The zero-order valence-corrected chi connectivity index (χ0v) is 16.0. The molecule has 1 aliphatic heterocycles. The zero-order valence-electron chi connectivity index (χ0n) is 16.0. The second-order valence-electron chi connectivity index (χ2n) is 7.00. The van der Waals surface area contributed by atoms with Gasteiger partial charge in [-0.2, -0.15) is 5.10 Å². The summed E-state index contributed by atoms with van der Waals surface area (Å²) in [5.41, 5.74) is 1.77. The van der Waals surface area contributed by atoms with Crippen LogP contribution in [0.3, 0.4) is 0 Å². The van der Waals surface area contributed by atoms with E-state index in [4.69, 9.17) is 0 Å². The van der Waals surface area contributed by atoms with Crippen molar-refractivity contribution in [1.29, 1.82) is 0 Å². The van der Waals surface area contributed by atoms with Crippen LogP contribution in [-0.4, -0.2) is 34.7 Å². The fourth-order valence-corrected chi connectivity index (χ4v) is 3.60. The monoisotopic (exact) mass is 387 g/mol. The first-order valence-electron chi connectivity index (χ1n) is 9.45. The second kappa shape index (κ2) is 7.75. The van der Waals surface area contributed by atoms with Crippen LogP contribution in [0, 0.1) is 0 Å². The average Bonchev–Trinajstić information content (AvgIpc) is 2.75. The highest BCUT2D eigenvalue weighted by Gasteiger charge is 2.27. The summed E-state index contributed by atoms with van der Waals surface area (Å²) in [6, 6.07) is 20.2. The molecule has 29 heavy (non-hydrogen) atoms. The average molecular weight is 387 g/mol. The summed E-state index contributed by atoms with van der Waals surface area (Å²) < 4.78 is 0. The van der Waals surface area contributed by atoms with Crippen molar-refractivity contribution in [2.24, 2.45) is 5.10 Å². The molecule has 146 valence electrons. The lowest BCUT2D eigenvalue weighted by Crippen LogP contribution is -2.39. The quantitative estimate of drug-likeness (QED) is 0.720. The van der Waals surface area contributed by atoms with Crippen molar-refractivity contribution in [1.82, 2.24) is 10.3 Å². The molecule has 0 saturated heterocycles. The number of phenols is 1. The molecule has 0 spiro atoms. The Labute approximate surface area is 168 Å². The Bertz CT molecular complexity index is 1110. The van der Waals surface area contributed by atoms with Gasteiger partial charge in [0.1, 0.15) is 11.5 Å². The summed E-state index contributed by atoms with van der Waals surface area (Å²) >= 11 is 0. The lowest BCUT2D eigenvalue weighted by atomic mass is 9.92. The van der Waals surface area contributed by atoms with Gasteiger partial charge in [-0.25, -0.2) is 5.01 Å². The Hall–Kier alpha value is -3.67. The number of phenolic OH excluding ortho intramolecular Hbond substituents is 1. The van der Waals surface area contributed by atoms with Crippen molar-refractivity contribution in [3.63, 3.8) is 0 Å². The summed E-state index contributed by atoms with van der Waals surface area (Å²) in [5, 5.41) is 20.9. The molecule has 0 unspecified atom stereocenters. The Kier molecular flexibility index (Phi) is 4.99. The number of benzene rings is 3. The summed E-state index contributed by atoms with van der Waals surface area (Å²) in [6.45, 7) is 0. The van der Waals surface area contributed by atoms with Gasteiger partial charge in [0.05, 0.1) is 6.04 Å². The van der Waals surface area contributed by atoms with E-state index in [9.17, 15) is 14.7 Å². The number of hydrogen-bond donors (Lipinski definition) is 2. The number of nitrogens with zero attached hydrogens (tertiary/aromatic N) is 2. The molecule has 6 nitrogen and oxygen atoms in total. The first kappa shape index (κ1) is 18.7. The molecule has 3 aromatic rings. The summed E-state index contributed by atoms with van der Waals surface area (Å²) in [6.07, 6.45) is 0.538. The molecule has 0 aromatic heterocycles. The lowest BCUT2D eigenvalue weighted by Gasteiger charge is -2.24. The van der Waals surface area contributed by atoms with E-state index in [0.29, 0.717) is 11.3 Å². The molecular weight excluding hydrogens is 366 g/mol. The molecular formula is C23H21N3O3. The van der Waals surface area contributed by atoms with E-state index in [-0.39, 0.29) is 30.4 Å². The number of carbonyl (C=O) groups excluding carboxylic acids is 2. The molecule has 1 aliphatic rings. The number of carbonyl (C=O) groups is 2. The fraction of sp³-hybridized carbons (Fsp3) is 0.174. The zero-order chi connectivity index (χ0) is 20.4. The van der Waals surface area contributed by atoms with Crippen molar-refractivity contribution >= 4 is 28.3 Å². The van der Waals surface area contributed by atoms with Gasteiger partial charge in [0, 0.05) is 25.5 Å². The van der Waals surface area contributed by atoms with Crippen molar-refractivity contribution in [3.8, 4) is 5.75 Å². The molecule has 2 amide bonds. The van der Waals surface area contributed by atoms with Gasteiger partial charge in [-0.3, -0.25) is 9.59 Å². The van der Waals surface area contributed by atoms with Crippen molar-refractivity contribution in [2.45, 2.75) is 18.9 Å². The minimum absolute atomic E-state index is 0.107. The third-order valence-electron chi connectivity index (χ3n) is 5.11. The van der Waals surface area contributed by atoms with Crippen molar-refractivity contribution in [3.05, 3.63) is 77.9 Å². The minimum Gasteiger partial charge on any atom is -0.508 e. The van der Waals surface area contributed by atoms with Crippen LogP contribution in [0.2, 0.25) is 0 Å². The summed E-state index contributed by atoms with van der Waals surface area (Å²) in [7, 11) is 1.54. The van der Waals surface area contributed by atoms with Crippen LogP contribution in [0.25, 0.3) is 10.8 Å². The third-order valence-corrected chi connectivity index (χ3v) is 5.11. The van der Waals surface area contributed by atoms with E-state index in [1.165, 1.54) is 5.01 Å². The summed E-state index contributed by atoms with van der Waals surface area (Å²) in [4.78, 5) is 24.7. The number of amides is 2. The van der Waals surface area contributed by atoms with Gasteiger partial charge in [0.15, 0.2) is 0 Å². The first-order valence-corrected chi connectivity index (χ1v) is 9.45. The van der Waals surface area contributed by atoms with Gasteiger partial charge in [-0.15, -0.1) is 0 Å². The molecule has 6 heteroatoms. The molecule has 0 fully saturated rings. The number of aromatic hydroxyl groups is 1. The smallest absolute Gasteiger partial charge is 0.268 e. The molecule has 2 N–H and O–H groups in total. The Morgan fingerprint density at radius 3 is 2.52 bits per heavy atom. The van der Waals surface area contributed by atoms with E-state index in [2.05, 4.69) is 10.4 Å². The summed E-state index contributed by atoms with van der Waals surface area (Å²) in [5.74, 6) is -0.367. The lowest BCUT2D eigenvalue weighted by molar-refractivity contribution is -0.130. The number of nitrogens with one attached hydrogen (secondary N) is 1. The molecule has 3 aromatic carbocycles. The standard InChI is InChI=1S/C23H21N3O3/c1-26-20(28)14-12-18(25-26)23(29)24-22(16-8-3-2-4-9-16)21-17-10-6-5-7-15(17)11-13-19(21)27/h2-11,13,22,27H,12,14H2,1H3,(H,24,29)/t22-/m1/s1. The molecule has 0 saturated carbocycles. The highest BCUT2D eigenvalue weighted by atomic mass is 16.3. The molecule has 4 rings (SSSR count). The van der Waals surface area contributed by atoms with Gasteiger partial charge < -0.3 is 10.4 Å². The van der Waals surface area contributed by atoms with Gasteiger partial charge in [-0.05, 0) is 22.4 Å². The molecule has 1 heterocycles. The van der Waals surface area contributed by atoms with Crippen LogP contribution in [0.1, 0.15) is 30.0 Å². The van der Waals surface area contributed by atoms with Crippen LogP contribution in [0.4, 0.5) is 0 Å². The molecule has 1 atom stereocenters. The highest BCUT2D eigenvalue weighted by molar-refractivity contribution is 6.39. The number of rotatable bonds is 4. The second-order valence-corrected chi connectivity index (χ2v) is 7.00. The van der Waals surface area contributed by atoms with Gasteiger partial charge in [0.25, 0.3) is 5.91 Å². The normalized spacial score (nSPS) is 15.1. The SMILES string of the molecule is CN1N=C(C(=O)N[C@H](c2ccccc2)c2c(O)ccc3ccccc23)CCC1=O. The maximum atomic E-state index is 13.0. The Morgan fingerprint density at radius 1 is 1.03 bits per heavy atom. The maximum absolute atomic E-state index is 13.0. The van der Waals surface area contributed by atoms with Crippen LogP contribution in [-0.2, 0) is 9.59 Å². The third kappa shape index (κ3) is 3.69. The van der Waals surface area contributed by atoms with Crippen LogP contribution in [0.5, 0.6) is 5.75 Å².